The number of amides is 1. The molecule has 190 valence electrons. The van der Waals surface area contributed by atoms with Gasteiger partial charge >= 0.3 is 0 Å². The first-order valence-corrected chi connectivity index (χ1v) is 12.5. The number of benzene rings is 3. The lowest BCUT2D eigenvalue weighted by Gasteiger charge is -2.21. The number of hydrazone groups is 1. The van der Waals surface area contributed by atoms with Gasteiger partial charge in [-0.3, -0.25) is 4.79 Å². The van der Waals surface area contributed by atoms with Crippen LogP contribution in [0.1, 0.15) is 11.1 Å². The summed E-state index contributed by atoms with van der Waals surface area (Å²) in [5, 5.41) is 3.98. The van der Waals surface area contributed by atoms with Crippen LogP contribution < -0.4 is 19.6 Å². The van der Waals surface area contributed by atoms with Crippen molar-refractivity contribution in [1.82, 2.24) is 9.73 Å². The van der Waals surface area contributed by atoms with Gasteiger partial charge in [-0.2, -0.15) is 9.41 Å². The summed E-state index contributed by atoms with van der Waals surface area (Å²) in [6, 6.07) is 20.9. The number of hydrogen-bond acceptors (Lipinski definition) is 7. The molecule has 0 aliphatic rings. The third-order valence-electron chi connectivity index (χ3n) is 5.32. The zero-order valence-corrected chi connectivity index (χ0v) is 21.2. The minimum atomic E-state index is -3.90. The first-order chi connectivity index (χ1) is 17.4. The maximum Gasteiger partial charge on any atom is 0.255 e. The minimum absolute atomic E-state index is 0.115. The van der Waals surface area contributed by atoms with Gasteiger partial charge < -0.3 is 14.2 Å². The molecular formula is C26H29N3O6S. The SMILES string of the molecule is COc1ccc(/C=N\NC(=O)CN(CCc2ccccc2)S(=O)(=O)c2ccccc2)c(OC)c1OC. The summed E-state index contributed by atoms with van der Waals surface area (Å²) in [6.45, 7) is -0.271. The second kappa shape index (κ2) is 12.7. The number of carbonyl (C=O) groups excluding carboxylic acids is 1. The summed E-state index contributed by atoms with van der Waals surface area (Å²) >= 11 is 0. The first-order valence-electron chi connectivity index (χ1n) is 11.1. The molecule has 0 saturated heterocycles. The van der Waals surface area contributed by atoms with Gasteiger partial charge in [-0.15, -0.1) is 0 Å². The Morgan fingerprint density at radius 1 is 0.889 bits per heavy atom. The molecule has 0 saturated carbocycles. The van der Waals surface area contributed by atoms with Crippen molar-refractivity contribution in [2.24, 2.45) is 5.10 Å². The molecule has 3 aromatic carbocycles. The van der Waals surface area contributed by atoms with E-state index < -0.39 is 22.5 Å². The highest BCUT2D eigenvalue weighted by Gasteiger charge is 2.26. The molecule has 0 heterocycles. The van der Waals surface area contributed by atoms with E-state index in [4.69, 9.17) is 14.2 Å². The number of sulfonamides is 1. The van der Waals surface area contributed by atoms with Gasteiger partial charge in [-0.25, -0.2) is 13.8 Å². The summed E-state index contributed by atoms with van der Waals surface area (Å²) in [5.74, 6) is 0.663. The van der Waals surface area contributed by atoms with E-state index in [0.29, 0.717) is 29.2 Å². The summed E-state index contributed by atoms with van der Waals surface area (Å²) in [4.78, 5) is 12.8. The van der Waals surface area contributed by atoms with Crippen molar-refractivity contribution in [2.45, 2.75) is 11.3 Å². The van der Waals surface area contributed by atoms with Crippen LogP contribution >= 0.6 is 0 Å². The van der Waals surface area contributed by atoms with Crippen molar-refractivity contribution >= 4 is 22.1 Å². The molecule has 10 heteroatoms. The zero-order chi connectivity index (χ0) is 26.0. The van der Waals surface area contributed by atoms with E-state index in [9.17, 15) is 13.2 Å². The van der Waals surface area contributed by atoms with Crippen molar-refractivity contribution in [1.29, 1.82) is 0 Å². The van der Waals surface area contributed by atoms with Gasteiger partial charge in [-0.1, -0.05) is 48.5 Å². The Bertz CT molecular complexity index is 1280. The molecule has 0 fully saturated rings. The molecule has 0 aliphatic heterocycles. The molecule has 0 atom stereocenters. The van der Waals surface area contributed by atoms with E-state index in [2.05, 4.69) is 10.5 Å². The number of ether oxygens (including phenoxy) is 3. The lowest BCUT2D eigenvalue weighted by molar-refractivity contribution is -0.121. The first kappa shape index (κ1) is 26.7. The Labute approximate surface area is 211 Å². The number of methoxy groups -OCH3 is 3. The Balaban J connectivity index is 1.76. The predicted molar refractivity (Wildman–Crippen MR) is 137 cm³/mol. The Hall–Kier alpha value is -3.89. The molecule has 1 amide bonds. The summed E-state index contributed by atoms with van der Waals surface area (Å²) in [7, 11) is 0.576. The number of rotatable bonds is 12. The van der Waals surface area contributed by atoms with Crippen molar-refractivity contribution in [3.05, 3.63) is 83.9 Å². The van der Waals surface area contributed by atoms with Gasteiger partial charge in [0.15, 0.2) is 11.5 Å². The van der Waals surface area contributed by atoms with Crippen LogP contribution in [-0.4, -0.2) is 59.3 Å². The molecule has 0 spiro atoms. The smallest absolute Gasteiger partial charge is 0.255 e. The molecule has 9 nitrogen and oxygen atoms in total. The average Bonchev–Trinajstić information content (AvgIpc) is 2.91. The second-order valence-electron chi connectivity index (χ2n) is 7.60. The van der Waals surface area contributed by atoms with Gasteiger partial charge in [0.25, 0.3) is 5.91 Å². The summed E-state index contributed by atoms with van der Waals surface area (Å²) in [6.07, 6.45) is 1.84. The molecule has 0 radical (unpaired) electrons. The maximum absolute atomic E-state index is 13.3. The fourth-order valence-electron chi connectivity index (χ4n) is 3.52. The van der Waals surface area contributed by atoms with Crippen molar-refractivity contribution in [3.8, 4) is 17.2 Å². The fourth-order valence-corrected chi connectivity index (χ4v) is 4.94. The Kier molecular flexibility index (Phi) is 9.43. The van der Waals surface area contributed by atoms with Gasteiger partial charge in [0, 0.05) is 12.1 Å². The summed E-state index contributed by atoms with van der Waals surface area (Å²) in [5.41, 5.74) is 3.90. The van der Waals surface area contributed by atoms with Gasteiger partial charge in [-0.05, 0) is 36.2 Å². The third-order valence-corrected chi connectivity index (χ3v) is 7.18. The lowest BCUT2D eigenvalue weighted by Crippen LogP contribution is -2.40. The van der Waals surface area contributed by atoms with Crippen LogP contribution in [0.5, 0.6) is 17.2 Å². The summed E-state index contributed by atoms with van der Waals surface area (Å²) < 4.78 is 43.7. The average molecular weight is 512 g/mol. The minimum Gasteiger partial charge on any atom is -0.493 e. The van der Waals surface area contributed by atoms with Gasteiger partial charge in [0.05, 0.1) is 39.0 Å². The van der Waals surface area contributed by atoms with Crippen LogP contribution in [0.3, 0.4) is 0 Å². The van der Waals surface area contributed by atoms with Crippen LogP contribution in [0.15, 0.2) is 82.8 Å². The highest BCUT2D eigenvalue weighted by molar-refractivity contribution is 7.89. The van der Waals surface area contributed by atoms with Crippen LogP contribution in [0.4, 0.5) is 0 Å². The Morgan fingerprint density at radius 2 is 1.53 bits per heavy atom. The normalized spacial score (nSPS) is 11.4. The molecule has 1 N–H and O–H groups in total. The maximum atomic E-state index is 13.3. The van der Waals surface area contributed by atoms with Crippen molar-refractivity contribution < 1.29 is 27.4 Å². The van der Waals surface area contributed by atoms with Crippen LogP contribution in [0.2, 0.25) is 0 Å². The molecular weight excluding hydrogens is 482 g/mol. The molecule has 0 aliphatic carbocycles. The predicted octanol–water partition coefficient (Wildman–Crippen LogP) is 3.10. The quantitative estimate of drug-likeness (QED) is 0.296. The van der Waals surface area contributed by atoms with Crippen molar-refractivity contribution in [3.63, 3.8) is 0 Å². The fraction of sp³-hybridized carbons (Fsp3) is 0.231. The van der Waals surface area contributed by atoms with E-state index in [1.54, 1.807) is 30.3 Å². The number of hydrogen-bond donors (Lipinski definition) is 1. The van der Waals surface area contributed by atoms with E-state index in [1.807, 2.05) is 30.3 Å². The van der Waals surface area contributed by atoms with Crippen LogP contribution in [0.25, 0.3) is 0 Å². The highest BCUT2D eigenvalue weighted by atomic mass is 32.2. The molecule has 0 aromatic heterocycles. The lowest BCUT2D eigenvalue weighted by atomic mass is 10.1. The van der Waals surface area contributed by atoms with Crippen molar-refractivity contribution in [2.75, 3.05) is 34.4 Å². The van der Waals surface area contributed by atoms with Crippen LogP contribution in [0, 0.1) is 0 Å². The van der Waals surface area contributed by atoms with Crippen LogP contribution in [-0.2, 0) is 21.2 Å². The third kappa shape index (κ3) is 6.61. The molecule has 0 unspecified atom stereocenters. The molecule has 3 aromatic rings. The Morgan fingerprint density at radius 3 is 2.14 bits per heavy atom. The highest BCUT2D eigenvalue weighted by Crippen LogP contribution is 2.38. The van der Waals surface area contributed by atoms with E-state index in [1.165, 1.54) is 39.7 Å². The standard InChI is InChI=1S/C26H29N3O6S/c1-33-23-15-14-21(25(34-2)26(23)35-3)18-27-28-24(30)19-29(17-16-20-10-6-4-7-11-20)36(31,32)22-12-8-5-9-13-22/h4-15,18H,16-17,19H2,1-3H3,(H,28,30)/b27-18-. The monoisotopic (exact) mass is 511 g/mol. The number of carbonyl (C=O) groups is 1. The largest absolute Gasteiger partial charge is 0.493 e. The van der Waals surface area contributed by atoms with E-state index in [0.717, 1.165) is 9.87 Å². The second-order valence-corrected chi connectivity index (χ2v) is 9.54. The number of nitrogens with zero attached hydrogens (tertiary/aromatic N) is 2. The van der Waals surface area contributed by atoms with E-state index in [-0.39, 0.29) is 11.4 Å². The van der Waals surface area contributed by atoms with Gasteiger partial charge in [0.2, 0.25) is 15.8 Å². The zero-order valence-electron chi connectivity index (χ0n) is 20.4. The number of nitrogens with one attached hydrogen (secondary N) is 1. The molecule has 36 heavy (non-hydrogen) atoms. The van der Waals surface area contributed by atoms with Gasteiger partial charge in [0.1, 0.15) is 0 Å². The molecule has 0 bridgehead atoms. The molecule has 3 rings (SSSR count). The topological polar surface area (TPSA) is 107 Å². The van der Waals surface area contributed by atoms with E-state index >= 15 is 0 Å².